The van der Waals surface area contributed by atoms with Gasteiger partial charge in [0.2, 0.25) is 0 Å². The number of allylic oxidation sites excluding steroid dienone is 1. The zero-order chi connectivity index (χ0) is 25.8. The summed E-state index contributed by atoms with van der Waals surface area (Å²) in [6.07, 6.45) is 1.70. The Kier molecular flexibility index (Phi) is 7.35. The first-order valence-corrected chi connectivity index (χ1v) is 11.9. The van der Waals surface area contributed by atoms with Crippen LogP contribution >= 0.6 is 11.3 Å². The Morgan fingerprint density at radius 2 is 1.89 bits per heavy atom. The monoisotopic (exact) mass is 508 g/mol. The predicted octanol–water partition coefficient (Wildman–Crippen LogP) is 2.27. The second kappa shape index (κ2) is 10.6. The maximum Gasteiger partial charge on any atom is 0.341 e. The topological polar surface area (TPSA) is 116 Å². The lowest BCUT2D eigenvalue weighted by Crippen LogP contribution is -2.39. The van der Waals surface area contributed by atoms with Crippen molar-refractivity contribution in [2.24, 2.45) is 4.99 Å². The van der Waals surface area contributed by atoms with Crippen LogP contribution in [0.4, 0.5) is 0 Å². The summed E-state index contributed by atoms with van der Waals surface area (Å²) in [6.45, 7) is 3.38. The number of fused-ring (bicyclic) bond motifs is 1. The van der Waals surface area contributed by atoms with Crippen LogP contribution in [-0.2, 0) is 14.3 Å². The minimum absolute atomic E-state index is 0.292. The first-order valence-electron chi connectivity index (χ1n) is 11.1. The van der Waals surface area contributed by atoms with Gasteiger partial charge in [-0.1, -0.05) is 47.7 Å². The standard InChI is InChI=1S/C26H24N2O7S/c1-4-34-19-12-16(10-11-18(19)35-14-21(29)30)13-20-24(31)28-23(17-8-6-5-7-9-17)22(25(32)33-3)15(2)27-26(28)36-20/h5-13,23H,4,14H2,1-3H3,(H,29,30). The Bertz CT molecular complexity index is 1520. The van der Waals surface area contributed by atoms with E-state index in [0.29, 0.717) is 44.3 Å². The van der Waals surface area contributed by atoms with Crippen molar-refractivity contribution in [2.75, 3.05) is 20.3 Å². The number of nitrogens with zero attached hydrogens (tertiary/aromatic N) is 2. The van der Waals surface area contributed by atoms with Crippen molar-refractivity contribution in [2.45, 2.75) is 19.9 Å². The SMILES string of the molecule is CCOc1cc(C=c2sc3n(c2=O)C(c2ccccc2)C(C(=O)OC)=C(C)N=3)ccc1OCC(=O)O. The summed E-state index contributed by atoms with van der Waals surface area (Å²) in [6, 6.07) is 13.6. The lowest BCUT2D eigenvalue weighted by atomic mass is 9.96. The Morgan fingerprint density at radius 3 is 2.56 bits per heavy atom. The van der Waals surface area contributed by atoms with Crippen molar-refractivity contribution < 1.29 is 28.9 Å². The van der Waals surface area contributed by atoms with Crippen molar-refractivity contribution >= 4 is 29.4 Å². The van der Waals surface area contributed by atoms with Gasteiger partial charge >= 0.3 is 11.9 Å². The molecule has 0 saturated heterocycles. The van der Waals surface area contributed by atoms with Gasteiger partial charge in [0.1, 0.15) is 0 Å². The van der Waals surface area contributed by atoms with Crippen molar-refractivity contribution in [3.63, 3.8) is 0 Å². The van der Waals surface area contributed by atoms with Gasteiger partial charge in [-0.15, -0.1) is 0 Å². The average molecular weight is 509 g/mol. The van der Waals surface area contributed by atoms with Crippen molar-refractivity contribution in [1.82, 2.24) is 4.57 Å². The van der Waals surface area contributed by atoms with Gasteiger partial charge in [-0.3, -0.25) is 9.36 Å². The van der Waals surface area contributed by atoms with E-state index in [4.69, 9.17) is 19.3 Å². The molecule has 2 heterocycles. The van der Waals surface area contributed by atoms with Gasteiger partial charge in [0, 0.05) is 0 Å². The van der Waals surface area contributed by atoms with Crippen LogP contribution in [0, 0.1) is 0 Å². The molecule has 9 nitrogen and oxygen atoms in total. The summed E-state index contributed by atoms with van der Waals surface area (Å²) in [4.78, 5) is 42.2. The molecule has 1 aliphatic heterocycles. The summed E-state index contributed by atoms with van der Waals surface area (Å²) in [5.41, 5.74) is 1.92. The number of benzene rings is 2. The number of carbonyl (C=O) groups is 2. The number of aliphatic carboxylic acids is 1. The average Bonchev–Trinajstić information content (AvgIpc) is 3.17. The highest BCUT2D eigenvalue weighted by atomic mass is 32.1. The molecule has 3 aromatic rings. The molecule has 1 N–H and O–H groups in total. The molecule has 1 atom stereocenters. The van der Waals surface area contributed by atoms with Crippen LogP contribution in [0.2, 0.25) is 0 Å². The number of carboxylic acids is 1. The Labute approximate surface area is 210 Å². The van der Waals surface area contributed by atoms with Crippen LogP contribution in [0.5, 0.6) is 11.5 Å². The van der Waals surface area contributed by atoms with Crippen LogP contribution in [0.1, 0.15) is 31.0 Å². The normalized spacial score (nSPS) is 15.2. The third-order valence-corrected chi connectivity index (χ3v) is 6.44. The first-order chi connectivity index (χ1) is 17.3. The molecule has 0 fully saturated rings. The number of esters is 1. The molecule has 0 bridgehead atoms. The molecule has 0 amide bonds. The van der Waals surface area contributed by atoms with E-state index in [1.807, 2.05) is 30.3 Å². The van der Waals surface area contributed by atoms with Gasteiger partial charge in [-0.05, 0) is 43.2 Å². The first kappa shape index (κ1) is 24.9. The van der Waals surface area contributed by atoms with Crippen LogP contribution in [-0.4, -0.2) is 41.9 Å². The van der Waals surface area contributed by atoms with E-state index in [1.54, 1.807) is 38.1 Å². The Balaban J connectivity index is 1.84. The van der Waals surface area contributed by atoms with Gasteiger partial charge in [0.15, 0.2) is 22.9 Å². The van der Waals surface area contributed by atoms with Gasteiger partial charge in [-0.2, -0.15) is 0 Å². The minimum Gasteiger partial charge on any atom is -0.490 e. The lowest BCUT2D eigenvalue weighted by Gasteiger charge is -2.24. The fraction of sp³-hybridized carbons (Fsp3) is 0.231. The fourth-order valence-electron chi connectivity index (χ4n) is 3.94. The maximum absolute atomic E-state index is 13.6. The molecule has 2 aromatic carbocycles. The van der Waals surface area contributed by atoms with E-state index in [9.17, 15) is 14.4 Å². The number of rotatable bonds is 8. The quantitative estimate of drug-likeness (QED) is 0.464. The van der Waals surface area contributed by atoms with Crippen molar-refractivity contribution in [1.29, 1.82) is 0 Å². The molecule has 0 aliphatic carbocycles. The lowest BCUT2D eigenvalue weighted by molar-refractivity contribution is -0.139. The van der Waals surface area contributed by atoms with Crippen LogP contribution < -0.4 is 24.4 Å². The van der Waals surface area contributed by atoms with Gasteiger partial charge < -0.3 is 19.3 Å². The highest BCUT2D eigenvalue weighted by molar-refractivity contribution is 7.07. The molecular formula is C26H24N2O7S. The van der Waals surface area contributed by atoms with Gasteiger partial charge in [0.25, 0.3) is 5.56 Å². The number of aromatic nitrogens is 1. The fourth-order valence-corrected chi connectivity index (χ4v) is 4.98. The molecule has 4 rings (SSSR count). The zero-order valence-corrected chi connectivity index (χ0v) is 20.7. The Morgan fingerprint density at radius 1 is 1.14 bits per heavy atom. The third kappa shape index (κ3) is 4.94. The van der Waals surface area contributed by atoms with Crippen molar-refractivity contribution in [3.8, 4) is 11.5 Å². The van der Waals surface area contributed by atoms with Crippen LogP contribution in [0.25, 0.3) is 6.08 Å². The van der Waals surface area contributed by atoms with Crippen molar-refractivity contribution in [3.05, 3.63) is 90.6 Å². The third-order valence-electron chi connectivity index (χ3n) is 5.46. The van der Waals surface area contributed by atoms with E-state index in [1.165, 1.54) is 23.0 Å². The molecule has 1 aliphatic rings. The molecule has 1 unspecified atom stereocenters. The Hall–Kier alpha value is -4.18. The molecular weight excluding hydrogens is 484 g/mol. The summed E-state index contributed by atoms with van der Waals surface area (Å²) < 4.78 is 17.8. The molecule has 0 spiro atoms. The second-order valence-electron chi connectivity index (χ2n) is 7.81. The zero-order valence-electron chi connectivity index (χ0n) is 19.9. The highest BCUT2D eigenvalue weighted by Crippen LogP contribution is 2.31. The number of methoxy groups -OCH3 is 1. The molecule has 0 saturated carbocycles. The van der Waals surface area contributed by atoms with Crippen LogP contribution in [0.15, 0.2) is 69.6 Å². The second-order valence-corrected chi connectivity index (χ2v) is 8.81. The molecule has 186 valence electrons. The van der Waals surface area contributed by atoms with E-state index >= 15 is 0 Å². The number of hydrogen-bond acceptors (Lipinski definition) is 8. The number of carbonyl (C=O) groups excluding carboxylic acids is 1. The maximum atomic E-state index is 13.6. The highest BCUT2D eigenvalue weighted by Gasteiger charge is 2.32. The molecule has 36 heavy (non-hydrogen) atoms. The molecule has 0 radical (unpaired) electrons. The number of ether oxygens (including phenoxy) is 3. The van der Waals surface area contributed by atoms with Gasteiger partial charge in [-0.25, -0.2) is 14.6 Å². The van der Waals surface area contributed by atoms with Crippen LogP contribution in [0.3, 0.4) is 0 Å². The summed E-state index contributed by atoms with van der Waals surface area (Å²) in [5, 5.41) is 8.90. The predicted molar refractivity (Wildman–Crippen MR) is 133 cm³/mol. The van der Waals surface area contributed by atoms with E-state index < -0.39 is 24.6 Å². The largest absolute Gasteiger partial charge is 0.490 e. The molecule has 10 heteroatoms. The molecule has 1 aromatic heterocycles. The summed E-state index contributed by atoms with van der Waals surface area (Å²) in [7, 11) is 1.30. The van der Waals surface area contributed by atoms with Gasteiger partial charge in [0.05, 0.1) is 35.6 Å². The van der Waals surface area contributed by atoms with E-state index in [2.05, 4.69) is 4.99 Å². The summed E-state index contributed by atoms with van der Waals surface area (Å²) >= 11 is 1.21. The smallest absolute Gasteiger partial charge is 0.341 e. The minimum atomic E-state index is -1.10. The summed E-state index contributed by atoms with van der Waals surface area (Å²) in [5.74, 6) is -0.985. The van der Waals surface area contributed by atoms with E-state index in [0.717, 1.165) is 5.56 Å². The number of carboxylic acid groups (broad SMARTS) is 1. The number of thiazole rings is 1. The number of hydrogen-bond donors (Lipinski definition) is 1. The van der Waals surface area contributed by atoms with E-state index in [-0.39, 0.29) is 5.56 Å².